The van der Waals surface area contributed by atoms with Crippen molar-refractivity contribution < 1.29 is 178 Å². The summed E-state index contributed by atoms with van der Waals surface area (Å²) in [5.41, 5.74) is 1.49. The Labute approximate surface area is 597 Å². The van der Waals surface area contributed by atoms with Gasteiger partial charge in [-0.3, -0.25) is 0 Å². The summed E-state index contributed by atoms with van der Waals surface area (Å²) in [6.07, 6.45) is 0.504. The third-order valence-electron chi connectivity index (χ3n) is 14.0. The minimum atomic E-state index is -6.43. The Kier molecular flexibility index (Phi) is 38.6. The first-order valence-electron chi connectivity index (χ1n) is 29.6. The van der Waals surface area contributed by atoms with Crippen molar-refractivity contribution in [3.05, 3.63) is 97.8 Å². The molecule has 594 valence electrons. The molecule has 6 rings (SSSR count). The molecule has 0 saturated carbocycles. The maximum atomic E-state index is 12.3. The summed E-state index contributed by atoms with van der Waals surface area (Å²) in [5, 5.41) is 62.0. The molecule has 49 nitrogen and oxygen atoms in total. The summed E-state index contributed by atoms with van der Waals surface area (Å²) in [6.45, 7) is -15.6. The molecule has 0 aromatic carbocycles. The number of ether oxygens (including phenoxy) is 6. The SMILES string of the molecule is CCCOCC#CCc1cn([C@H]2CC[C@@H](COP(OO)(OOO)([P+](=O)[O-])[P+](=O)[O-])O2)c(=O)[nH]c1=O.CCCOCC#CCc1cn([C@H]2CC[C@@H](COP(OO)(OOO)([P+](=O)[O-])[P+](=O)[O-])O2)c(=O)[nH]c1=O.NCCOCC#CCc1cn([C@H]2CC[C@@H](COP(OO)(OOO)([P+](=O)[O-])[P+](=O)[O-])O2)c(=O)[nH]c1=O.[HH].[HH].[HH]. The quantitative estimate of drug-likeness (QED) is 0.0123. The van der Waals surface area contributed by atoms with Crippen molar-refractivity contribution in [2.45, 2.75) is 121 Å². The first kappa shape index (κ1) is 92.8. The Hall–Kier alpha value is -4.63. The van der Waals surface area contributed by atoms with Crippen LogP contribution < -0.4 is 68.8 Å². The summed E-state index contributed by atoms with van der Waals surface area (Å²) >= 11 is 0. The fraction of sp³-hybridized carbons (Fsp3) is 0.617. The first-order valence-corrected chi connectivity index (χ1v) is 46.9. The van der Waals surface area contributed by atoms with Gasteiger partial charge in [0, 0.05) is 24.0 Å². The number of aromatic amines is 3. The molecule has 0 aliphatic carbocycles. The summed E-state index contributed by atoms with van der Waals surface area (Å²) in [7, 11) is -25.9. The Balaban J connectivity index is 0.000000799. The molecule has 3 aromatic rings. The van der Waals surface area contributed by atoms with E-state index in [1.165, 1.54) is 18.6 Å². The van der Waals surface area contributed by atoms with E-state index in [2.05, 4.69) is 93.6 Å². The average molecular weight is 1690 g/mol. The second-order valence-electron chi connectivity index (χ2n) is 20.8. The summed E-state index contributed by atoms with van der Waals surface area (Å²) < 4.78 is 142. The molecule has 3 aliphatic heterocycles. The third kappa shape index (κ3) is 23.0. The number of H-pyrrole nitrogens is 3. The van der Waals surface area contributed by atoms with Crippen molar-refractivity contribution in [1.82, 2.24) is 28.7 Å². The molecule has 3 aromatic heterocycles. The molecule has 0 radical (unpaired) electrons. The third-order valence-corrected chi connectivity index (χ3v) is 43.1. The maximum Gasteiger partial charge on any atom is 0 e. The number of nitrogens with two attached hydrogens (primary N) is 1. The standard InChI is InChI=1S/2C16H23N2O14P3.C15H22N3O14P3.3H2/c2*1-2-8-27-9-4-3-5-12-10-18(16(20)17-15(12)19)14-7-6-13(29-14)11-28-35(31-22,32-30-21,33(23)24)34(25)26;16-6-8-27-7-2-1-3-11-9-18(15(20)17-14(11)19)13-5-4-12(29-13)10-28-35(31-22,32-30-21,33(23)24)34(25)26;;;/h2*10,13-14,21-22H,2,5-9,11H2,1H3,(H,17,19,20);9,12-13,21-22H,3-8,10,16H2,(H,17,19,20);3*1H/t2*13-,14+;12-,13+;;;/m000.../s1. The molecule has 11 N–H and O–H groups in total. The average Bonchev–Trinajstić information content (AvgIpc) is 0.799. The number of rotatable bonds is 39. The molecule has 0 bridgehead atoms. The molecule has 58 heteroatoms. The van der Waals surface area contributed by atoms with E-state index in [0.29, 0.717) is 26.4 Å². The molecule has 3 fully saturated rings. The first-order chi connectivity index (χ1) is 49.9. The molecule has 0 amide bonds. The van der Waals surface area contributed by atoms with Crippen molar-refractivity contribution in [3.63, 3.8) is 0 Å². The number of aromatic nitrogens is 6. The van der Waals surface area contributed by atoms with E-state index < -0.39 is 157 Å². The van der Waals surface area contributed by atoms with Crippen LogP contribution in [0.3, 0.4) is 0 Å². The maximum absolute atomic E-state index is 12.3. The molecule has 105 heavy (non-hydrogen) atoms. The Morgan fingerprint density at radius 1 is 0.457 bits per heavy atom. The number of nitrogens with zero attached hydrogens (tertiary/aromatic N) is 3. The zero-order valence-corrected chi connectivity index (χ0v) is 62.4. The van der Waals surface area contributed by atoms with Gasteiger partial charge in [-0.05, 0) is 12.8 Å². The fourth-order valence-electron chi connectivity index (χ4n) is 8.79. The van der Waals surface area contributed by atoms with Crippen LogP contribution in [0.2, 0.25) is 0 Å². The minimum Gasteiger partial charge on any atom is 0 e. The molecular formula is C47H74N7O42P9. The van der Waals surface area contributed by atoms with Gasteiger partial charge in [0.1, 0.15) is 0 Å². The van der Waals surface area contributed by atoms with Gasteiger partial charge >= 0.3 is 522 Å². The van der Waals surface area contributed by atoms with Crippen LogP contribution in [0, 0.1) is 35.5 Å². The van der Waals surface area contributed by atoms with Gasteiger partial charge in [0.15, 0.2) is 0 Å². The molecular weight excluding hydrogens is 1610 g/mol. The van der Waals surface area contributed by atoms with E-state index >= 15 is 0 Å². The van der Waals surface area contributed by atoms with Crippen LogP contribution in [-0.2, 0) is 132 Å². The van der Waals surface area contributed by atoms with E-state index in [1.807, 2.05) is 13.8 Å². The zero-order valence-electron chi connectivity index (χ0n) is 54.4. The molecule has 0 spiro atoms. The van der Waals surface area contributed by atoms with Crippen LogP contribution in [0.5, 0.6) is 0 Å². The van der Waals surface area contributed by atoms with Crippen molar-refractivity contribution in [1.29, 1.82) is 0 Å². The largest absolute Gasteiger partial charge is 0 e. The van der Waals surface area contributed by atoms with Crippen LogP contribution in [0.15, 0.2) is 47.4 Å². The van der Waals surface area contributed by atoms with Gasteiger partial charge < -0.3 is 19.9 Å². The molecule has 6 heterocycles. The van der Waals surface area contributed by atoms with Gasteiger partial charge in [-0.1, -0.05) is 13.8 Å². The Morgan fingerprint density at radius 3 is 0.933 bits per heavy atom. The molecule has 3 saturated heterocycles. The van der Waals surface area contributed by atoms with Crippen LogP contribution in [-0.4, -0.2) is 145 Å². The van der Waals surface area contributed by atoms with Gasteiger partial charge in [-0.2, -0.15) is 0 Å². The molecule has 12 atom stereocenters. The fourth-order valence-corrected chi connectivity index (χ4v) is 22.1. The van der Waals surface area contributed by atoms with Crippen LogP contribution in [0.25, 0.3) is 0 Å². The smallest absolute Gasteiger partial charge is 0 e. The van der Waals surface area contributed by atoms with E-state index in [-0.39, 0.29) is 98.6 Å². The van der Waals surface area contributed by atoms with Crippen LogP contribution >= 0.6 is 66.3 Å². The van der Waals surface area contributed by atoms with E-state index in [9.17, 15) is 85.5 Å². The second-order valence-corrected chi connectivity index (χ2v) is 51.3. The van der Waals surface area contributed by atoms with Crippen molar-refractivity contribution in [3.8, 4) is 35.5 Å². The summed E-state index contributed by atoms with van der Waals surface area (Å²) in [6, 6.07) is 0. The molecule has 3 aliphatic rings. The Bertz CT molecular complexity index is 3670. The summed E-state index contributed by atoms with van der Waals surface area (Å²) in [5.74, 6) is 16.4. The van der Waals surface area contributed by atoms with E-state index in [4.69, 9.17) is 79.3 Å². The zero-order chi connectivity index (χ0) is 78.3. The number of hydrogen-bond acceptors (Lipinski definition) is 43. The van der Waals surface area contributed by atoms with Crippen molar-refractivity contribution >= 4 is 66.3 Å². The van der Waals surface area contributed by atoms with Crippen LogP contribution in [0.1, 0.15) is 105 Å². The predicted molar refractivity (Wildman–Crippen MR) is 346 cm³/mol. The normalized spacial score (nSPS) is 20.0. The number of hydrogen-bond donors (Lipinski definition) is 10. The van der Waals surface area contributed by atoms with Gasteiger partial charge in [0.05, 0.1) is 6.61 Å². The van der Waals surface area contributed by atoms with Gasteiger partial charge in [-0.25, -0.2) is 0 Å². The summed E-state index contributed by atoms with van der Waals surface area (Å²) in [4.78, 5) is 149. The van der Waals surface area contributed by atoms with Crippen LogP contribution in [0.4, 0.5) is 0 Å². The monoisotopic (exact) mass is 1690 g/mol. The van der Waals surface area contributed by atoms with Gasteiger partial charge in [0.2, 0.25) is 0 Å². The number of nitrogens with one attached hydrogen (secondary N) is 3. The van der Waals surface area contributed by atoms with Gasteiger partial charge in [-0.15, -0.1) is 0 Å². The van der Waals surface area contributed by atoms with Crippen molar-refractivity contribution in [2.75, 3.05) is 66.0 Å². The second kappa shape index (κ2) is 43.7. The minimum absolute atomic E-state index is 0. The predicted octanol–water partition coefficient (Wildman–Crippen LogP) is 0.630. The van der Waals surface area contributed by atoms with Crippen molar-refractivity contribution in [2.24, 2.45) is 5.73 Å². The topological polar surface area (TPSA) is 719 Å². The molecule has 6 unspecified atom stereocenters. The van der Waals surface area contributed by atoms with E-state index in [1.54, 1.807) is 0 Å². The van der Waals surface area contributed by atoms with E-state index in [0.717, 1.165) is 26.5 Å². The Morgan fingerprint density at radius 2 is 0.714 bits per heavy atom. The van der Waals surface area contributed by atoms with Gasteiger partial charge in [0.25, 0.3) is 0 Å².